The van der Waals surface area contributed by atoms with Crippen molar-refractivity contribution in [1.29, 1.82) is 0 Å². The summed E-state index contributed by atoms with van der Waals surface area (Å²) < 4.78 is 5.40. The molecule has 120 valence electrons. The second kappa shape index (κ2) is 6.12. The van der Waals surface area contributed by atoms with Crippen molar-refractivity contribution >= 4 is 11.4 Å². The first-order chi connectivity index (χ1) is 10.6. The Kier molecular flexibility index (Phi) is 4.20. The normalized spacial score (nSPS) is 25.2. The number of nitrogens with zero attached hydrogens (tertiary/aromatic N) is 2. The van der Waals surface area contributed by atoms with Gasteiger partial charge in [-0.2, -0.15) is 0 Å². The van der Waals surface area contributed by atoms with Crippen LogP contribution in [0.25, 0.3) is 0 Å². The maximum Gasteiger partial charge on any atom is 0.311 e. The first kappa shape index (κ1) is 15.1. The van der Waals surface area contributed by atoms with E-state index < -0.39 is 4.92 Å². The zero-order valence-electron chi connectivity index (χ0n) is 13.1. The molecule has 1 saturated heterocycles. The van der Waals surface area contributed by atoms with Crippen LogP contribution in [-0.4, -0.2) is 41.1 Å². The highest BCUT2D eigenvalue weighted by Crippen LogP contribution is 2.35. The third-order valence-corrected chi connectivity index (χ3v) is 4.47. The number of anilines is 1. The molecule has 1 N–H and O–H groups in total. The van der Waals surface area contributed by atoms with Crippen molar-refractivity contribution < 1.29 is 9.66 Å². The molecule has 6 heteroatoms. The van der Waals surface area contributed by atoms with Gasteiger partial charge in [-0.05, 0) is 39.2 Å². The van der Waals surface area contributed by atoms with Crippen LogP contribution < -0.4 is 10.1 Å². The summed E-state index contributed by atoms with van der Waals surface area (Å²) in [5.41, 5.74) is 0.913. The summed E-state index contributed by atoms with van der Waals surface area (Å²) in [4.78, 5) is 13.2. The van der Waals surface area contributed by atoms with Gasteiger partial charge in [0.2, 0.25) is 0 Å². The van der Waals surface area contributed by atoms with Crippen LogP contribution in [0.2, 0.25) is 0 Å². The molecule has 2 unspecified atom stereocenters. The van der Waals surface area contributed by atoms with Crippen molar-refractivity contribution in [3.8, 4) is 5.75 Å². The number of hydrogen-bond acceptors (Lipinski definition) is 5. The van der Waals surface area contributed by atoms with Crippen molar-refractivity contribution in [1.82, 2.24) is 4.90 Å². The first-order valence-corrected chi connectivity index (χ1v) is 8.02. The van der Waals surface area contributed by atoms with Gasteiger partial charge < -0.3 is 10.1 Å². The molecule has 1 aromatic rings. The minimum Gasteiger partial charge on any atom is -0.487 e. The highest BCUT2D eigenvalue weighted by atomic mass is 16.6. The average molecular weight is 305 g/mol. The monoisotopic (exact) mass is 305 g/mol. The van der Waals surface area contributed by atoms with Gasteiger partial charge in [-0.15, -0.1) is 0 Å². The van der Waals surface area contributed by atoms with E-state index in [0.717, 1.165) is 24.7 Å². The predicted molar refractivity (Wildman–Crippen MR) is 85.5 cm³/mol. The molecule has 1 aliphatic carbocycles. The van der Waals surface area contributed by atoms with Gasteiger partial charge in [0, 0.05) is 42.5 Å². The lowest BCUT2D eigenvalue weighted by atomic mass is 10.1. The molecule has 22 heavy (non-hydrogen) atoms. The molecule has 2 atom stereocenters. The van der Waals surface area contributed by atoms with E-state index in [4.69, 9.17) is 4.74 Å². The maximum atomic E-state index is 11.0. The van der Waals surface area contributed by atoms with E-state index in [0.29, 0.717) is 24.4 Å². The second-order valence-electron chi connectivity index (χ2n) is 6.23. The van der Waals surface area contributed by atoms with E-state index in [1.54, 1.807) is 12.1 Å². The van der Waals surface area contributed by atoms with Crippen molar-refractivity contribution in [2.45, 2.75) is 51.2 Å². The summed E-state index contributed by atoms with van der Waals surface area (Å²) in [6, 6.07) is 6.81. The largest absolute Gasteiger partial charge is 0.487 e. The van der Waals surface area contributed by atoms with Gasteiger partial charge >= 0.3 is 5.69 Å². The van der Waals surface area contributed by atoms with E-state index >= 15 is 0 Å². The Morgan fingerprint density at radius 3 is 2.86 bits per heavy atom. The molecule has 0 radical (unpaired) electrons. The fraction of sp³-hybridized carbons (Fsp3) is 0.625. The van der Waals surface area contributed by atoms with Gasteiger partial charge in [-0.25, -0.2) is 0 Å². The summed E-state index contributed by atoms with van der Waals surface area (Å²) in [5, 5.41) is 14.5. The van der Waals surface area contributed by atoms with Crippen LogP contribution in [0.1, 0.15) is 33.1 Å². The first-order valence-electron chi connectivity index (χ1n) is 8.02. The fourth-order valence-corrected chi connectivity index (χ4v) is 3.34. The van der Waals surface area contributed by atoms with Crippen molar-refractivity contribution in [2.75, 3.05) is 18.5 Å². The van der Waals surface area contributed by atoms with Crippen LogP contribution >= 0.6 is 0 Å². The number of hydrogen-bond donors (Lipinski definition) is 1. The Morgan fingerprint density at radius 1 is 1.45 bits per heavy atom. The van der Waals surface area contributed by atoms with Crippen LogP contribution in [0.15, 0.2) is 18.2 Å². The number of nitro groups is 1. The van der Waals surface area contributed by atoms with E-state index in [1.165, 1.54) is 18.9 Å². The van der Waals surface area contributed by atoms with Crippen LogP contribution in [0, 0.1) is 10.1 Å². The molecule has 6 nitrogen and oxygen atoms in total. The molecule has 0 aromatic heterocycles. The lowest BCUT2D eigenvalue weighted by molar-refractivity contribution is -0.385. The van der Waals surface area contributed by atoms with Crippen molar-refractivity contribution in [3.05, 3.63) is 28.3 Å². The summed E-state index contributed by atoms with van der Waals surface area (Å²) in [6.07, 6.45) is 3.75. The lowest BCUT2D eigenvalue weighted by Gasteiger charge is -2.20. The number of nitro benzene ring substituents is 1. The minimum absolute atomic E-state index is 0.0202. The molecule has 1 heterocycles. The molecule has 0 bridgehead atoms. The summed E-state index contributed by atoms with van der Waals surface area (Å²) in [5.74, 6) is 0.336. The molecular weight excluding hydrogens is 282 g/mol. The minimum atomic E-state index is -0.402. The summed E-state index contributed by atoms with van der Waals surface area (Å²) in [6.45, 7) is 5.57. The number of likely N-dealkylation sites (tertiary alicyclic amines) is 1. The smallest absolute Gasteiger partial charge is 0.311 e. The Bertz CT molecular complexity index is 560. The predicted octanol–water partition coefficient (Wildman–Crippen LogP) is 3.03. The van der Waals surface area contributed by atoms with Gasteiger partial charge in [0.05, 0.1) is 11.5 Å². The number of nitrogens with one attached hydrogen (secondary N) is 1. The van der Waals surface area contributed by atoms with Crippen molar-refractivity contribution in [3.63, 3.8) is 0 Å². The molecule has 0 amide bonds. The van der Waals surface area contributed by atoms with Gasteiger partial charge in [0.1, 0.15) is 0 Å². The maximum absolute atomic E-state index is 11.0. The Hall–Kier alpha value is -1.82. The molecular formula is C16H23N3O3. The standard InChI is InChI=1S/C16H23N3O3/c1-3-22-16-9-12(4-7-15(16)19(20)21)17-13-8-11(2)18(10-13)14-5-6-14/h4,7,9,11,13-14,17H,3,5-6,8,10H2,1-2H3. The number of benzene rings is 1. The molecule has 2 aliphatic rings. The summed E-state index contributed by atoms with van der Waals surface area (Å²) in [7, 11) is 0. The quantitative estimate of drug-likeness (QED) is 0.646. The zero-order valence-corrected chi connectivity index (χ0v) is 13.1. The molecule has 0 spiro atoms. The highest BCUT2D eigenvalue weighted by molar-refractivity contribution is 5.58. The Balaban J connectivity index is 1.69. The Labute approximate surface area is 130 Å². The average Bonchev–Trinajstić information content (AvgIpc) is 3.24. The van der Waals surface area contributed by atoms with Gasteiger partial charge in [0.15, 0.2) is 5.75 Å². The Morgan fingerprint density at radius 2 is 2.23 bits per heavy atom. The van der Waals surface area contributed by atoms with Gasteiger partial charge in [-0.3, -0.25) is 15.0 Å². The van der Waals surface area contributed by atoms with Gasteiger partial charge in [-0.1, -0.05) is 0 Å². The number of ether oxygens (including phenoxy) is 1. The van der Waals surface area contributed by atoms with Crippen LogP contribution in [0.3, 0.4) is 0 Å². The van der Waals surface area contributed by atoms with Crippen LogP contribution in [0.4, 0.5) is 11.4 Å². The fourth-order valence-electron chi connectivity index (χ4n) is 3.34. The topological polar surface area (TPSA) is 67.6 Å². The van der Waals surface area contributed by atoms with Crippen LogP contribution in [-0.2, 0) is 0 Å². The van der Waals surface area contributed by atoms with E-state index in [9.17, 15) is 10.1 Å². The molecule has 1 aliphatic heterocycles. The van der Waals surface area contributed by atoms with Gasteiger partial charge in [0.25, 0.3) is 0 Å². The third-order valence-electron chi connectivity index (χ3n) is 4.47. The molecule has 3 rings (SSSR count). The summed E-state index contributed by atoms with van der Waals surface area (Å²) >= 11 is 0. The lowest BCUT2D eigenvalue weighted by Crippen LogP contribution is -2.31. The van der Waals surface area contributed by atoms with E-state index in [-0.39, 0.29) is 5.69 Å². The SMILES string of the molecule is CCOc1cc(NC2CC(C)N(C3CC3)C2)ccc1[N+](=O)[O-]. The second-order valence-corrected chi connectivity index (χ2v) is 6.23. The molecule has 1 aromatic carbocycles. The van der Waals surface area contributed by atoms with Crippen molar-refractivity contribution in [2.24, 2.45) is 0 Å². The highest BCUT2D eigenvalue weighted by Gasteiger charge is 2.38. The molecule has 2 fully saturated rings. The third kappa shape index (κ3) is 3.16. The molecule has 1 saturated carbocycles. The van der Waals surface area contributed by atoms with Crippen LogP contribution in [0.5, 0.6) is 5.75 Å². The number of rotatable bonds is 6. The zero-order chi connectivity index (χ0) is 15.7. The van der Waals surface area contributed by atoms with E-state index in [2.05, 4.69) is 17.1 Å². The van der Waals surface area contributed by atoms with E-state index in [1.807, 2.05) is 6.92 Å².